The minimum absolute atomic E-state index is 0.157. The molecule has 0 atom stereocenters. The van der Waals surface area contributed by atoms with Crippen molar-refractivity contribution in [1.82, 2.24) is 4.90 Å². The minimum atomic E-state index is 0.157. The molecule has 0 bridgehead atoms. The fraction of sp³-hybridized carbons (Fsp3) is 0.333. The van der Waals surface area contributed by atoms with Gasteiger partial charge in [-0.1, -0.05) is 36.4 Å². The third-order valence-electron chi connectivity index (χ3n) is 2.57. The van der Waals surface area contributed by atoms with Crippen LogP contribution in [-0.2, 0) is 0 Å². The van der Waals surface area contributed by atoms with Gasteiger partial charge in [0.05, 0.1) is 6.73 Å². The summed E-state index contributed by atoms with van der Waals surface area (Å²) in [4.78, 5) is 2.04. The van der Waals surface area contributed by atoms with E-state index < -0.39 is 0 Å². The monoisotopic (exact) mass is 189 g/mol. The van der Waals surface area contributed by atoms with Crippen LogP contribution >= 0.6 is 0 Å². The van der Waals surface area contributed by atoms with E-state index in [1.807, 2.05) is 23.1 Å². The first-order chi connectivity index (χ1) is 6.90. The van der Waals surface area contributed by atoms with Crippen LogP contribution in [0, 0.1) is 0 Å². The summed E-state index contributed by atoms with van der Waals surface area (Å²) in [5.74, 6) is 0. The summed E-state index contributed by atoms with van der Waals surface area (Å²) in [5.41, 5.74) is 2.59. The fourth-order valence-corrected chi connectivity index (χ4v) is 1.79. The van der Waals surface area contributed by atoms with Crippen molar-refractivity contribution in [3.63, 3.8) is 0 Å². The summed E-state index contributed by atoms with van der Waals surface area (Å²) in [5, 5.41) is 9.05. The van der Waals surface area contributed by atoms with Crippen LogP contribution in [-0.4, -0.2) is 29.8 Å². The number of hydrogen-bond donors (Lipinski definition) is 1. The second-order valence-corrected chi connectivity index (χ2v) is 3.58. The van der Waals surface area contributed by atoms with Gasteiger partial charge >= 0.3 is 0 Å². The molecule has 0 aromatic heterocycles. The van der Waals surface area contributed by atoms with Crippen molar-refractivity contribution in [3.8, 4) is 0 Å². The summed E-state index contributed by atoms with van der Waals surface area (Å²) in [6, 6.07) is 10.4. The molecule has 1 heterocycles. The molecule has 2 heteroatoms. The molecule has 74 valence electrons. The number of rotatable bonds is 2. The highest BCUT2D eigenvalue weighted by atomic mass is 16.3. The van der Waals surface area contributed by atoms with Crippen LogP contribution in [0.2, 0.25) is 0 Å². The van der Waals surface area contributed by atoms with Crippen LogP contribution in [0.15, 0.2) is 36.4 Å². The smallest absolute Gasteiger partial charge is 0.0959 e. The molecule has 0 amide bonds. The molecule has 0 aliphatic carbocycles. The Morgan fingerprint density at radius 1 is 1.21 bits per heavy atom. The average Bonchev–Trinajstić information content (AvgIpc) is 2.30. The zero-order chi connectivity index (χ0) is 9.80. The van der Waals surface area contributed by atoms with Gasteiger partial charge in [-0.2, -0.15) is 0 Å². The first-order valence-electron chi connectivity index (χ1n) is 4.98. The van der Waals surface area contributed by atoms with E-state index in [2.05, 4.69) is 18.2 Å². The molecule has 0 spiro atoms. The largest absolute Gasteiger partial charge is 0.381 e. The van der Waals surface area contributed by atoms with Crippen molar-refractivity contribution < 1.29 is 5.11 Å². The lowest BCUT2D eigenvalue weighted by atomic mass is 10.0. The zero-order valence-electron chi connectivity index (χ0n) is 8.19. The standard InChI is InChI=1S/C12H15NO/c14-10-13-8-4-7-12(9-13)11-5-2-1-3-6-11/h1-3,5-7,14H,4,8-10H2. The second kappa shape index (κ2) is 4.40. The van der Waals surface area contributed by atoms with Gasteiger partial charge in [0.15, 0.2) is 0 Å². The van der Waals surface area contributed by atoms with E-state index in [0.29, 0.717) is 0 Å². The molecule has 0 saturated carbocycles. The minimum Gasteiger partial charge on any atom is -0.381 e. The van der Waals surface area contributed by atoms with Crippen molar-refractivity contribution in [2.24, 2.45) is 0 Å². The maximum Gasteiger partial charge on any atom is 0.0959 e. The SMILES string of the molecule is OCN1CCC=C(c2ccccc2)C1. The Labute approximate surface area is 84.5 Å². The summed E-state index contributed by atoms with van der Waals surface area (Å²) >= 11 is 0. The molecule has 2 rings (SSSR count). The number of benzene rings is 1. The van der Waals surface area contributed by atoms with E-state index in [-0.39, 0.29) is 6.73 Å². The molecule has 1 aliphatic heterocycles. The van der Waals surface area contributed by atoms with Gasteiger partial charge in [-0.15, -0.1) is 0 Å². The molecule has 1 aromatic carbocycles. The maximum absolute atomic E-state index is 9.05. The van der Waals surface area contributed by atoms with Crippen molar-refractivity contribution in [2.75, 3.05) is 19.8 Å². The van der Waals surface area contributed by atoms with E-state index in [1.165, 1.54) is 11.1 Å². The topological polar surface area (TPSA) is 23.5 Å². The van der Waals surface area contributed by atoms with Gasteiger partial charge in [-0.25, -0.2) is 0 Å². The van der Waals surface area contributed by atoms with Crippen LogP contribution in [0.4, 0.5) is 0 Å². The van der Waals surface area contributed by atoms with Gasteiger partial charge in [-0.05, 0) is 17.6 Å². The molecular weight excluding hydrogens is 174 g/mol. The molecule has 1 N–H and O–H groups in total. The molecular formula is C12H15NO. The number of aliphatic hydroxyl groups excluding tert-OH is 1. The van der Waals surface area contributed by atoms with E-state index in [4.69, 9.17) is 5.11 Å². The Morgan fingerprint density at radius 3 is 2.71 bits per heavy atom. The van der Waals surface area contributed by atoms with Gasteiger partial charge in [0, 0.05) is 13.1 Å². The Balaban J connectivity index is 2.16. The van der Waals surface area contributed by atoms with Crippen LogP contribution in [0.3, 0.4) is 0 Å². The first kappa shape index (κ1) is 9.44. The molecule has 0 unspecified atom stereocenters. The lowest BCUT2D eigenvalue weighted by molar-refractivity contribution is 0.119. The van der Waals surface area contributed by atoms with Crippen molar-refractivity contribution in [1.29, 1.82) is 0 Å². The molecule has 14 heavy (non-hydrogen) atoms. The van der Waals surface area contributed by atoms with Gasteiger partial charge in [-0.3, -0.25) is 4.90 Å². The lowest BCUT2D eigenvalue weighted by Gasteiger charge is -2.25. The average molecular weight is 189 g/mol. The van der Waals surface area contributed by atoms with E-state index in [9.17, 15) is 0 Å². The lowest BCUT2D eigenvalue weighted by Crippen LogP contribution is -2.30. The third kappa shape index (κ3) is 2.03. The molecule has 1 aliphatic rings. The second-order valence-electron chi connectivity index (χ2n) is 3.58. The van der Waals surface area contributed by atoms with Gasteiger partial charge < -0.3 is 5.11 Å². The fourth-order valence-electron chi connectivity index (χ4n) is 1.79. The Morgan fingerprint density at radius 2 is 2.00 bits per heavy atom. The Kier molecular flexibility index (Phi) is 2.96. The highest BCUT2D eigenvalue weighted by Crippen LogP contribution is 2.19. The van der Waals surface area contributed by atoms with Crippen molar-refractivity contribution in [3.05, 3.63) is 42.0 Å². The highest BCUT2D eigenvalue weighted by molar-refractivity contribution is 5.67. The molecule has 2 nitrogen and oxygen atoms in total. The number of nitrogens with zero attached hydrogens (tertiary/aromatic N) is 1. The normalized spacial score (nSPS) is 17.9. The van der Waals surface area contributed by atoms with E-state index in [0.717, 1.165) is 19.5 Å². The predicted molar refractivity (Wildman–Crippen MR) is 57.7 cm³/mol. The maximum atomic E-state index is 9.05. The molecule has 0 radical (unpaired) electrons. The molecule has 0 saturated heterocycles. The summed E-state index contributed by atoms with van der Waals surface area (Å²) < 4.78 is 0. The van der Waals surface area contributed by atoms with Crippen LogP contribution in [0.5, 0.6) is 0 Å². The number of hydrogen-bond acceptors (Lipinski definition) is 2. The summed E-state index contributed by atoms with van der Waals surface area (Å²) in [7, 11) is 0. The van der Waals surface area contributed by atoms with E-state index in [1.54, 1.807) is 0 Å². The third-order valence-corrected chi connectivity index (χ3v) is 2.57. The Bertz CT molecular complexity index is 318. The summed E-state index contributed by atoms with van der Waals surface area (Å²) in [6.45, 7) is 1.98. The van der Waals surface area contributed by atoms with Gasteiger partial charge in [0.2, 0.25) is 0 Å². The van der Waals surface area contributed by atoms with Gasteiger partial charge in [0.1, 0.15) is 0 Å². The van der Waals surface area contributed by atoms with Crippen LogP contribution in [0.1, 0.15) is 12.0 Å². The molecule has 1 aromatic rings. The van der Waals surface area contributed by atoms with E-state index >= 15 is 0 Å². The van der Waals surface area contributed by atoms with Gasteiger partial charge in [0.25, 0.3) is 0 Å². The molecule has 0 fully saturated rings. The van der Waals surface area contributed by atoms with Crippen LogP contribution < -0.4 is 0 Å². The van der Waals surface area contributed by atoms with Crippen LogP contribution in [0.25, 0.3) is 5.57 Å². The first-order valence-corrected chi connectivity index (χ1v) is 4.98. The summed E-state index contributed by atoms with van der Waals surface area (Å²) in [6.07, 6.45) is 3.30. The van der Waals surface area contributed by atoms with Crippen molar-refractivity contribution >= 4 is 5.57 Å². The van der Waals surface area contributed by atoms with Crippen molar-refractivity contribution in [2.45, 2.75) is 6.42 Å². The number of aliphatic hydroxyl groups is 1. The highest BCUT2D eigenvalue weighted by Gasteiger charge is 2.11. The quantitative estimate of drug-likeness (QED) is 0.765. The Hall–Kier alpha value is -1.12. The zero-order valence-corrected chi connectivity index (χ0v) is 8.19. The predicted octanol–water partition coefficient (Wildman–Crippen LogP) is 1.73.